The van der Waals surface area contributed by atoms with Crippen molar-refractivity contribution in [1.29, 1.82) is 0 Å². The number of rotatable bonds is 34. The van der Waals surface area contributed by atoms with Crippen LogP contribution in [0, 0.1) is 0 Å². The average Bonchev–Trinajstić information content (AvgIpc) is 3.43. The molecule has 0 radical (unpaired) electrons. The quantitative estimate of drug-likeness (QED) is 0.0702. The fourth-order valence-corrected chi connectivity index (χ4v) is 7.45. The van der Waals surface area contributed by atoms with Gasteiger partial charge in [0.25, 0.3) is 0 Å². The molecule has 242 valence electrons. The van der Waals surface area contributed by atoms with Crippen LogP contribution in [0.3, 0.4) is 0 Å². The van der Waals surface area contributed by atoms with Crippen molar-refractivity contribution in [3.63, 3.8) is 0 Å². The van der Waals surface area contributed by atoms with Gasteiger partial charge in [-0.05, 0) is 47.6 Å². The highest BCUT2D eigenvalue weighted by molar-refractivity contribution is 7.08. The van der Waals surface area contributed by atoms with Crippen LogP contribution in [0.25, 0.3) is 0 Å². The Bertz CT molecular complexity index is 551. The summed E-state index contributed by atoms with van der Waals surface area (Å²) in [7, 11) is 0. The van der Waals surface area contributed by atoms with Gasteiger partial charge in [-0.15, -0.1) is 0 Å². The van der Waals surface area contributed by atoms with Crippen molar-refractivity contribution in [3.8, 4) is 0 Å². The Kier molecular flexibility index (Phi) is 30.8. The lowest BCUT2D eigenvalue weighted by Gasteiger charge is -2.06. The summed E-state index contributed by atoms with van der Waals surface area (Å²) in [6.45, 7) is 4.62. The highest BCUT2D eigenvalue weighted by Crippen LogP contribution is 2.22. The van der Waals surface area contributed by atoms with Gasteiger partial charge in [-0.1, -0.05) is 206 Å². The van der Waals surface area contributed by atoms with Crippen LogP contribution in [0.2, 0.25) is 0 Å². The van der Waals surface area contributed by atoms with E-state index in [1.165, 1.54) is 218 Å². The molecule has 1 heterocycles. The third-order valence-electron chi connectivity index (χ3n) is 9.43. The van der Waals surface area contributed by atoms with Crippen molar-refractivity contribution in [1.82, 2.24) is 0 Å². The lowest BCUT2D eigenvalue weighted by molar-refractivity contribution is 0.528. The van der Waals surface area contributed by atoms with E-state index < -0.39 is 0 Å². The summed E-state index contributed by atoms with van der Waals surface area (Å²) in [5, 5.41) is 4.90. The first-order valence-electron chi connectivity index (χ1n) is 19.4. The van der Waals surface area contributed by atoms with E-state index in [1.54, 1.807) is 11.1 Å². The Morgan fingerprint density at radius 2 is 0.488 bits per heavy atom. The highest BCUT2D eigenvalue weighted by atomic mass is 32.1. The predicted molar refractivity (Wildman–Crippen MR) is 191 cm³/mol. The van der Waals surface area contributed by atoms with E-state index in [9.17, 15) is 0 Å². The van der Waals surface area contributed by atoms with E-state index in [1.807, 2.05) is 11.3 Å². The lowest BCUT2D eigenvalue weighted by Crippen LogP contribution is -1.92. The van der Waals surface area contributed by atoms with Crippen LogP contribution >= 0.6 is 11.3 Å². The van der Waals surface area contributed by atoms with Gasteiger partial charge < -0.3 is 0 Å². The molecule has 0 amide bonds. The normalized spacial score (nSPS) is 11.6. The van der Waals surface area contributed by atoms with E-state index in [4.69, 9.17) is 0 Å². The molecule has 0 atom stereocenters. The minimum absolute atomic E-state index is 1.33. The van der Waals surface area contributed by atoms with Gasteiger partial charge >= 0.3 is 0 Å². The maximum atomic E-state index is 2.45. The number of hydrogen-bond acceptors (Lipinski definition) is 1. The maximum absolute atomic E-state index is 2.45. The molecule has 1 rings (SSSR count). The van der Waals surface area contributed by atoms with Crippen LogP contribution in [0.4, 0.5) is 0 Å². The summed E-state index contributed by atoms with van der Waals surface area (Å²) >= 11 is 1.94. The Morgan fingerprint density at radius 1 is 0.293 bits per heavy atom. The number of hydrogen-bond donors (Lipinski definition) is 0. The fourth-order valence-electron chi connectivity index (χ4n) is 6.52. The van der Waals surface area contributed by atoms with E-state index in [2.05, 4.69) is 24.6 Å². The van der Waals surface area contributed by atoms with Gasteiger partial charge in [0.2, 0.25) is 0 Å². The average molecular weight is 589 g/mol. The van der Waals surface area contributed by atoms with Gasteiger partial charge in [0.05, 0.1) is 0 Å². The third kappa shape index (κ3) is 27.0. The summed E-state index contributed by atoms with van der Waals surface area (Å²) in [5.41, 5.74) is 3.36. The second kappa shape index (κ2) is 32.6. The zero-order valence-corrected chi connectivity index (χ0v) is 29.4. The van der Waals surface area contributed by atoms with Crippen LogP contribution in [0.1, 0.15) is 230 Å². The molecule has 0 fully saturated rings. The molecule has 0 spiro atoms. The largest absolute Gasteiger partial charge is 0.152 e. The molecule has 1 aromatic heterocycles. The Morgan fingerprint density at radius 3 is 0.707 bits per heavy atom. The molecule has 0 aliphatic carbocycles. The summed E-state index contributed by atoms with van der Waals surface area (Å²) in [4.78, 5) is 0. The number of aryl methyl sites for hydroxylation is 2. The topological polar surface area (TPSA) is 0 Å². The van der Waals surface area contributed by atoms with Crippen molar-refractivity contribution < 1.29 is 0 Å². The summed E-state index contributed by atoms with van der Waals surface area (Å²) in [6, 6.07) is 0. The van der Waals surface area contributed by atoms with Gasteiger partial charge in [0.15, 0.2) is 0 Å². The first-order chi connectivity index (χ1) is 20.4. The molecule has 0 bridgehead atoms. The summed E-state index contributed by atoms with van der Waals surface area (Å²) in [6.07, 6.45) is 49.3. The first-order valence-corrected chi connectivity index (χ1v) is 20.4. The molecule has 1 heteroatoms. The maximum Gasteiger partial charge on any atom is -0.00584 e. The van der Waals surface area contributed by atoms with Crippen molar-refractivity contribution in [2.24, 2.45) is 0 Å². The van der Waals surface area contributed by atoms with Crippen LogP contribution < -0.4 is 0 Å². The number of unbranched alkanes of at least 4 members (excludes halogenated alkanes) is 30. The van der Waals surface area contributed by atoms with E-state index in [0.29, 0.717) is 0 Å². The van der Waals surface area contributed by atoms with Crippen LogP contribution in [0.15, 0.2) is 10.8 Å². The molecular weight excluding hydrogens is 513 g/mol. The zero-order chi connectivity index (χ0) is 29.3. The molecule has 0 aromatic carbocycles. The minimum Gasteiger partial charge on any atom is -0.152 e. The van der Waals surface area contributed by atoms with Crippen LogP contribution in [-0.4, -0.2) is 0 Å². The van der Waals surface area contributed by atoms with Gasteiger partial charge in [0, 0.05) is 0 Å². The molecule has 41 heavy (non-hydrogen) atoms. The highest BCUT2D eigenvalue weighted by Gasteiger charge is 2.04. The zero-order valence-electron chi connectivity index (χ0n) is 28.6. The van der Waals surface area contributed by atoms with E-state index in [0.717, 1.165) is 0 Å². The Hall–Kier alpha value is -0.300. The van der Waals surface area contributed by atoms with Crippen molar-refractivity contribution >= 4 is 11.3 Å². The fraction of sp³-hybridized carbons (Fsp3) is 0.900. The van der Waals surface area contributed by atoms with E-state index in [-0.39, 0.29) is 0 Å². The molecule has 0 aliphatic rings. The second-order valence-electron chi connectivity index (χ2n) is 13.5. The lowest BCUT2D eigenvalue weighted by atomic mass is 9.99. The van der Waals surface area contributed by atoms with Gasteiger partial charge in [-0.25, -0.2) is 0 Å². The van der Waals surface area contributed by atoms with Crippen LogP contribution in [-0.2, 0) is 12.8 Å². The molecule has 0 N–H and O–H groups in total. The molecule has 0 saturated heterocycles. The molecule has 0 unspecified atom stereocenters. The van der Waals surface area contributed by atoms with Crippen LogP contribution in [0.5, 0.6) is 0 Å². The first kappa shape index (κ1) is 38.7. The number of thiophene rings is 1. The molecular formula is C40H76S. The van der Waals surface area contributed by atoms with Gasteiger partial charge in [-0.3, -0.25) is 0 Å². The van der Waals surface area contributed by atoms with Gasteiger partial charge in [0.1, 0.15) is 0 Å². The standard InChI is InChI=1S/C40H76S/c1-3-5-7-9-11-13-15-17-19-21-23-25-27-29-31-33-35-39-37-41-38-40(39)36-34-32-30-28-26-24-22-20-18-16-14-12-10-8-6-4-2/h37-38H,3-36H2,1-2H3. The van der Waals surface area contributed by atoms with Crippen molar-refractivity contribution in [2.75, 3.05) is 0 Å². The Balaban J connectivity index is 1.82. The second-order valence-corrected chi connectivity index (χ2v) is 14.3. The molecule has 1 aromatic rings. The summed E-state index contributed by atoms with van der Waals surface area (Å²) in [5.74, 6) is 0. The molecule has 0 nitrogen and oxygen atoms in total. The van der Waals surface area contributed by atoms with Crippen molar-refractivity contribution in [3.05, 3.63) is 21.9 Å². The molecule has 0 aliphatic heterocycles. The van der Waals surface area contributed by atoms with Gasteiger partial charge in [-0.2, -0.15) is 11.3 Å². The predicted octanol–water partition coefficient (Wildman–Crippen LogP) is 15.4. The van der Waals surface area contributed by atoms with E-state index >= 15 is 0 Å². The Labute approximate surface area is 264 Å². The minimum atomic E-state index is 1.33. The molecule has 0 saturated carbocycles. The third-order valence-corrected chi connectivity index (χ3v) is 10.3. The SMILES string of the molecule is CCCCCCCCCCCCCCCCCCc1cscc1CCCCCCCCCCCCCCCCCC. The monoisotopic (exact) mass is 589 g/mol. The smallest absolute Gasteiger partial charge is 0.00584 e. The van der Waals surface area contributed by atoms with Crippen molar-refractivity contribution in [2.45, 2.75) is 232 Å². The summed E-state index contributed by atoms with van der Waals surface area (Å²) < 4.78 is 0.